The number of carboxylic acid groups (broad SMARTS) is 1. The third-order valence-electron chi connectivity index (χ3n) is 9.78. The highest BCUT2D eigenvalue weighted by Gasteiger charge is 2.43. The third kappa shape index (κ3) is 10.2. The molecular weight excluding hydrogens is 749 g/mol. The minimum atomic E-state index is -1.29. The SMILES string of the molecule is COc1ccc(OCCN(C(=O)C2=C(c3ccc(CCCOc4cc(F)ccc4Br)cc3)C[C@@H]3CN(C(=O)C[C@H](O)CC(=O)O)C[C@H]2N3)C2CC2)cc1. The number of ether oxygens (including phenoxy) is 3. The quantitative estimate of drug-likeness (QED) is 0.157. The van der Waals surface area contributed by atoms with E-state index in [0.717, 1.165) is 48.1 Å². The molecule has 2 fully saturated rings. The number of hydrogen-bond acceptors (Lipinski definition) is 8. The van der Waals surface area contributed by atoms with E-state index in [1.165, 1.54) is 12.1 Å². The average Bonchev–Trinajstić information content (AvgIpc) is 3.98. The predicted octanol–water partition coefficient (Wildman–Crippen LogP) is 5.23. The highest BCUT2D eigenvalue weighted by atomic mass is 79.9. The number of fused-ring (bicyclic) bond motifs is 2. The minimum absolute atomic E-state index is 0.0956. The van der Waals surface area contributed by atoms with Gasteiger partial charge >= 0.3 is 5.97 Å². The standard InChI is InChI=1S/C40H45BrFN3O8/c1-51-31-11-13-32(14-12-31)52-18-16-45(29-9-10-29)40(50)39-33(20-28-23-44(24-35(39)43-28)37(47)21-30(46)22-38(48)49)26-6-4-25(5-7-26)3-2-17-53-36-19-27(42)8-15-34(36)41/h4-8,11-15,19,28-30,35,43,46H,2-3,9-10,16-18,20-24H2,1H3,(H,48,49)/t28-,30+,35-/m1/s1. The zero-order chi connectivity index (χ0) is 37.5. The van der Waals surface area contributed by atoms with E-state index in [9.17, 15) is 23.9 Å². The Morgan fingerprint density at radius 3 is 2.42 bits per heavy atom. The van der Waals surface area contributed by atoms with Gasteiger partial charge in [-0.15, -0.1) is 0 Å². The molecule has 6 rings (SSSR count). The van der Waals surface area contributed by atoms with Crippen LogP contribution >= 0.6 is 15.9 Å². The number of methoxy groups -OCH3 is 1. The first-order valence-electron chi connectivity index (χ1n) is 18.0. The first-order chi connectivity index (χ1) is 25.6. The maximum absolute atomic E-state index is 14.7. The number of hydrogen-bond donors (Lipinski definition) is 3. The van der Waals surface area contributed by atoms with Gasteiger partial charge in [0.25, 0.3) is 5.91 Å². The van der Waals surface area contributed by atoms with Crippen LogP contribution in [0, 0.1) is 5.82 Å². The zero-order valence-electron chi connectivity index (χ0n) is 29.6. The fourth-order valence-corrected chi connectivity index (χ4v) is 7.38. The second-order valence-corrected chi connectivity index (χ2v) is 14.6. The molecule has 3 N–H and O–H groups in total. The van der Waals surface area contributed by atoms with Crippen molar-refractivity contribution in [1.82, 2.24) is 15.1 Å². The predicted molar refractivity (Wildman–Crippen MR) is 199 cm³/mol. The highest BCUT2D eigenvalue weighted by Crippen LogP contribution is 2.37. The van der Waals surface area contributed by atoms with Crippen molar-refractivity contribution < 1.29 is 43.2 Å². The summed E-state index contributed by atoms with van der Waals surface area (Å²) in [5.41, 5.74) is 3.60. The van der Waals surface area contributed by atoms with Crippen LogP contribution in [0.4, 0.5) is 4.39 Å². The van der Waals surface area contributed by atoms with Crippen LogP contribution in [-0.2, 0) is 20.8 Å². The average molecular weight is 795 g/mol. The monoisotopic (exact) mass is 793 g/mol. The van der Waals surface area contributed by atoms with Gasteiger partial charge in [0.2, 0.25) is 5.91 Å². The summed E-state index contributed by atoms with van der Waals surface area (Å²) >= 11 is 3.39. The molecule has 1 saturated carbocycles. The number of aryl methyl sites for hydroxylation is 1. The number of carbonyl (C=O) groups excluding carboxylic acids is 2. The van der Waals surface area contributed by atoms with E-state index >= 15 is 0 Å². The number of carboxylic acids is 1. The number of benzene rings is 3. The van der Waals surface area contributed by atoms with Gasteiger partial charge in [-0.3, -0.25) is 14.4 Å². The summed E-state index contributed by atoms with van der Waals surface area (Å²) in [6.45, 7) is 1.71. The Bertz CT molecular complexity index is 1800. The molecule has 3 aromatic carbocycles. The largest absolute Gasteiger partial charge is 0.497 e. The van der Waals surface area contributed by atoms with Gasteiger partial charge in [0.15, 0.2) is 0 Å². The molecule has 282 valence electrons. The molecule has 2 bridgehead atoms. The number of aliphatic hydroxyl groups excluding tert-OH is 1. The van der Waals surface area contributed by atoms with Gasteiger partial charge in [0.05, 0.1) is 49.7 Å². The van der Waals surface area contributed by atoms with Crippen LogP contribution in [0.25, 0.3) is 5.57 Å². The van der Waals surface area contributed by atoms with Gasteiger partial charge in [-0.2, -0.15) is 0 Å². The van der Waals surface area contributed by atoms with Gasteiger partial charge in [0.1, 0.15) is 29.7 Å². The Labute approximate surface area is 316 Å². The molecule has 0 aromatic heterocycles. The number of nitrogens with zero attached hydrogens (tertiary/aromatic N) is 2. The summed E-state index contributed by atoms with van der Waals surface area (Å²) in [6, 6.07) is 19.4. The fourth-order valence-electron chi connectivity index (χ4n) is 7.02. The van der Waals surface area contributed by atoms with Gasteiger partial charge in [-0.1, -0.05) is 24.3 Å². The fraction of sp³-hybridized carbons (Fsp3) is 0.425. The van der Waals surface area contributed by atoms with Crippen molar-refractivity contribution in [2.75, 3.05) is 40.0 Å². The van der Waals surface area contributed by atoms with Crippen molar-refractivity contribution in [3.63, 3.8) is 0 Å². The smallest absolute Gasteiger partial charge is 0.305 e. The molecule has 2 amide bonds. The molecule has 0 unspecified atom stereocenters. The molecule has 3 aromatic rings. The maximum atomic E-state index is 14.7. The van der Waals surface area contributed by atoms with Crippen molar-refractivity contribution in [2.45, 2.75) is 69.2 Å². The first-order valence-corrected chi connectivity index (χ1v) is 18.8. The molecule has 2 heterocycles. The van der Waals surface area contributed by atoms with E-state index in [1.54, 1.807) is 18.1 Å². The van der Waals surface area contributed by atoms with Crippen molar-refractivity contribution >= 4 is 39.3 Å². The highest BCUT2D eigenvalue weighted by molar-refractivity contribution is 9.10. The third-order valence-corrected chi connectivity index (χ3v) is 10.4. The van der Waals surface area contributed by atoms with Crippen molar-refractivity contribution in [2.24, 2.45) is 0 Å². The van der Waals surface area contributed by atoms with Gasteiger partial charge in [-0.25, -0.2) is 4.39 Å². The molecule has 13 heteroatoms. The molecule has 53 heavy (non-hydrogen) atoms. The Morgan fingerprint density at radius 1 is 0.981 bits per heavy atom. The summed E-state index contributed by atoms with van der Waals surface area (Å²) in [4.78, 5) is 42.6. The lowest BCUT2D eigenvalue weighted by Gasteiger charge is -2.45. The lowest BCUT2D eigenvalue weighted by atomic mass is 9.82. The molecule has 1 saturated heterocycles. The van der Waals surface area contributed by atoms with E-state index in [0.29, 0.717) is 54.3 Å². The summed E-state index contributed by atoms with van der Waals surface area (Å²) < 4.78 is 31.4. The van der Waals surface area contributed by atoms with Crippen molar-refractivity contribution in [3.05, 3.63) is 93.7 Å². The second kappa shape index (κ2) is 17.6. The van der Waals surface area contributed by atoms with E-state index in [1.807, 2.05) is 41.3 Å². The number of rotatable bonds is 17. The number of carbonyl (C=O) groups is 3. The molecule has 3 aliphatic rings. The second-order valence-electron chi connectivity index (χ2n) is 13.7. The zero-order valence-corrected chi connectivity index (χ0v) is 31.2. The van der Waals surface area contributed by atoms with Crippen LogP contribution in [-0.4, -0.2) is 102 Å². The Kier molecular flexibility index (Phi) is 12.7. The molecule has 11 nitrogen and oxygen atoms in total. The van der Waals surface area contributed by atoms with Gasteiger partial charge < -0.3 is 39.5 Å². The molecule has 0 spiro atoms. The maximum Gasteiger partial charge on any atom is 0.305 e. The van der Waals surface area contributed by atoms with E-state index in [4.69, 9.17) is 19.3 Å². The van der Waals surface area contributed by atoms with Crippen LogP contribution in [0.2, 0.25) is 0 Å². The Balaban J connectivity index is 1.19. The summed E-state index contributed by atoms with van der Waals surface area (Å²) in [6.07, 6.45) is 1.69. The number of nitrogens with one attached hydrogen (secondary N) is 1. The molecule has 0 radical (unpaired) electrons. The van der Waals surface area contributed by atoms with Crippen LogP contribution in [0.15, 0.2) is 76.8 Å². The number of piperazine rings is 1. The molecular formula is C40H45BrFN3O8. The number of amides is 2. The lowest BCUT2D eigenvalue weighted by molar-refractivity contribution is -0.141. The summed E-state index contributed by atoms with van der Waals surface area (Å²) in [7, 11) is 1.60. The van der Waals surface area contributed by atoms with Crippen LogP contribution in [0.3, 0.4) is 0 Å². The number of halogens is 2. The van der Waals surface area contributed by atoms with E-state index in [2.05, 4.69) is 33.4 Å². The van der Waals surface area contributed by atoms with Gasteiger partial charge in [0, 0.05) is 36.8 Å². The van der Waals surface area contributed by atoms with E-state index < -0.39 is 24.5 Å². The number of aliphatic carboxylic acids is 1. The van der Waals surface area contributed by atoms with Crippen molar-refractivity contribution in [3.8, 4) is 17.2 Å². The Hall–Kier alpha value is -4.46. The summed E-state index contributed by atoms with van der Waals surface area (Å²) in [5.74, 6) is -0.0968. The minimum Gasteiger partial charge on any atom is -0.497 e. The van der Waals surface area contributed by atoms with Crippen LogP contribution < -0.4 is 19.5 Å². The molecule has 1 aliphatic carbocycles. The van der Waals surface area contributed by atoms with Crippen LogP contribution in [0.5, 0.6) is 17.2 Å². The van der Waals surface area contributed by atoms with Crippen LogP contribution in [0.1, 0.15) is 49.7 Å². The molecule has 2 aliphatic heterocycles. The molecule has 3 atom stereocenters. The Morgan fingerprint density at radius 2 is 1.72 bits per heavy atom. The van der Waals surface area contributed by atoms with Gasteiger partial charge in [-0.05, 0) is 101 Å². The lowest BCUT2D eigenvalue weighted by Crippen LogP contribution is -2.62. The number of aliphatic hydroxyl groups is 1. The van der Waals surface area contributed by atoms with Crippen molar-refractivity contribution in [1.29, 1.82) is 0 Å². The normalized spacial score (nSPS) is 18.7. The topological polar surface area (TPSA) is 138 Å². The van der Waals surface area contributed by atoms with E-state index in [-0.39, 0.29) is 42.7 Å². The summed E-state index contributed by atoms with van der Waals surface area (Å²) in [5, 5.41) is 22.9. The first kappa shape index (κ1) is 38.3.